The summed E-state index contributed by atoms with van der Waals surface area (Å²) in [6.07, 6.45) is 5.47. The normalized spacial score (nSPS) is 12.0. The lowest BCUT2D eigenvalue weighted by atomic mass is 9.97. The second kappa shape index (κ2) is 4.94. The van der Waals surface area contributed by atoms with E-state index in [-0.39, 0.29) is 5.41 Å². The predicted molar refractivity (Wildman–Crippen MR) is 68.3 cm³/mol. The fraction of sp³-hybridized carbons (Fsp3) is 0.538. The Balaban J connectivity index is 2.16. The molecule has 0 unspecified atom stereocenters. The van der Waals surface area contributed by atoms with Gasteiger partial charge in [0.15, 0.2) is 11.7 Å². The Bertz CT molecular complexity index is 508. The van der Waals surface area contributed by atoms with Crippen LogP contribution in [0.1, 0.15) is 26.7 Å². The summed E-state index contributed by atoms with van der Waals surface area (Å²) in [6.45, 7) is 7.60. The smallest absolute Gasteiger partial charge is 0.200 e. The highest BCUT2D eigenvalue weighted by Crippen LogP contribution is 2.26. The van der Waals surface area contributed by atoms with Crippen LogP contribution in [0.2, 0.25) is 0 Å². The van der Waals surface area contributed by atoms with Crippen LogP contribution < -0.4 is 0 Å². The molecule has 0 atom stereocenters. The largest absolute Gasteiger partial charge is 0.440 e. The minimum atomic E-state index is -0.0791. The Morgan fingerprint density at radius 3 is 2.72 bits per heavy atom. The van der Waals surface area contributed by atoms with Crippen LogP contribution in [0.15, 0.2) is 23.0 Å². The predicted octanol–water partition coefficient (Wildman–Crippen LogP) is 2.48. The van der Waals surface area contributed by atoms with E-state index in [4.69, 9.17) is 9.15 Å². The number of methoxy groups -OCH3 is 1. The molecular formula is C13H19N3O2. The van der Waals surface area contributed by atoms with Gasteiger partial charge < -0.3 is 9.15 Å². The molecule has 5 heteroatoms. The van der Waals surface area contributed by atoms with E-state index < -0.39 is 0 Å². The Labute approximate surface area is 107 Å². The molecule has 98 valence electrons. The Kier molecular flexibility index (Phi) is 3.52. The van der Waals surface area contributed by atoms with Crippen LogP contribution in [0.4, 0.5) is 0 Å². The van der Waals surface area contributed by atoms with E-state index in [1.165, 1.54) is 0 Å². The number of rotatable bonds is 4. The number of hydrogen-bond acceptors (Lipinski definition) is 4. The van der Waals surface area contributed by atoms with Gasteiger partial charge in [0.25, 0.3) is 0 Å². The van der Waals surface area contributed by atoms with Crippen molar-refractivity contribution in [2.45, 2.75) is 32.7 Å². The standard InChI is InChI=1S/C13H19N3O2/c1-13(2,3)12-14-8-11(18-12)10-7-15-16(9-10)5-6-17-4/h7-9H,5-6H2,1-4H3. The Morgan fingerprint density at radius 2 is 2.11 bits per heavy atom. The second-order valence-corrected chi connectivity index (χ2v) is 5.26. The van der Waals surface area contributed by atoms with Crippen molar-refractivity contribution in [3.8, 4) is 11.3 Å². The molecule has 0 radical (unpaired) electrons. The summed E-state index contributed by atoms with van der Waals surface area (Å²) in [5.41, 5.74) is 0.860. The van der Waals surface area contributed by atoms with Crippen LogP contribution in [0.3, 0.4) is 0 Å². The molecular weight excluding hydrogens is 230 g/mol. The third-order valence-corrected chi connectivity index (χ3v) is 2.59. The number of hydrogen-bond donors (Lipinski definition) is 0. The number of aromatic nitrogens is 3. The lowest BCUT2D eigenvalue weighted by Crippen LogP contribution is -2.10. The van der Waals surface area contributed by atoms with E-state index in [0.717, 1.165) is 23.8 Å². The molecule has 0 bridgehead atoms. The van der Waals surface area contributed by atoms with Crippen LogP contribution in [0.25, 0.3) is 11.3 Å². The average molecular weight is 249 g/mol. The van der Waals surface area contributed by atoms with Crippen molar-refractivity contribution in [1.82, 2.24) is 14.8 Å². The molecule has 0 fully saturated rings. The van der Waals surface area contributed by atoms with Crippen LogP contribution >= 0.6 is 0 Å². The summed E-state index contributed by atoms with van der Waals surface area (Å²) in [5.74, 6) is 1.49. The van der Waals surface area contributed by atoms with E-state index >= 15 is 0 Å². The van der Waals surface area contributed by atoms with Gasteiger partial charge in [0, 0.05) is 18.7 Å². The first-order valence-corrected chi connectivity index (χ1v) is 5.99. The molecule has 5 nitrogen and oxygen atoms in total. The zero-order valence-electron chi connectivity index (χ0n) is 11.3. The first-order chi connectivity index (χ1) is 8.50. The van der Waals surface area contributed by atoms with Crippen LogP contribution in [-0.4, -0.2) is 28.5 Å². The molecule has 0 aliphatic carbocycles. The quantitative estimate of drug-likeness (QED) is 0.835. The van der Waals surface area contributed by atoms with E-state index in [1.807, 2.05) is 10.9 Å². The summed E-state index contributed by atoms with van der Waals surface area (Å²) >= 11 is 0. The maximum absolute atomic E-state index is 5.76. The zero-order valence-corrected chi connectivity index (χ0v) is 11.3. The highest BCUT2D eigenvalue weighted by molar-refractivity contribution is 5.53. The van der Waals surface area contributed by atoms with Gasteiger partial charge in [0.2, 0.25) is 0 Å². The summed E-state index contributed by atoms with van der Waals surface area (Å²) in [5, 5.41) is 4.25. The van der Waals surface area contributed by atoms with E-state index in [2.05, 4.69) is 30.9 Å². The molecule has 2 aromatic rings. The molecule has 0 aliphatic rings. The number of ether oxygens (including phenoxy) is 1. The van der Waals surface area contributed by atoms with Crippen molar-refractivity contribution >= 4 is 0 Å². The summed E-state index contributed by atoms with van der Waals surface area (Å²) < 4.78 is 12.6. The molecule has 0 aliphatic heterocycles. The summed E-state index contributed by atoms with van der Waals surface area (Å²) in [4.78, 5) is 4.31. The van der Waals surface area contributed by atoms with Crippen LogP contribution in [-0.2, 0) is 16.7 Å². The summed E-state index contributed by atoms with van der Waals surface area (Å²) in [6, 6.07) is 0. The molecule has 0 aromatic carbocycles. The second-order valence-electron chi connectivity index (χ2n) is 5.26. The SMILES string of the molecule is COCCn1cc(-c2cnc(C(C)(C)C)o2)cn1. The van der Waals surface area contributed by atoms with Gasteiger partial charge in [0.05, 0.1) is 31.1 Å². The average Bonchev–Trinajstić information content (AvgIpc) is 2.93. The van der Waals surface area contributed by atoms with Gasteiger partial charge in [-0.05, 0) is 0 Å². The van der Waals surface area contributed by atoms with Gasteiger partial charge in [-0.25, -0.2) is 4.98 Å². The van der Waals surface area contributed by atoms with Crippen molar-refractivity contribution in [3.63, 3.8) is 0 Å². The van der Waals surface area contributed by atoms with Crippen molar-refractivity contribution in [1.29, 1.82) is 0 Å². The van der Waals surface area contributed by atoms with Gasteiger partial charge in [-0.2, -0.15) is 5.10 Å². The molecule has 2 aromatic heterocycles. The highest BCUT2D eigenvalue weighted by Gasteiger charge is 2.20. The lowest BCUT2D eigenvalue weighted by Gasteiger charge is -2.11. The van der Waals surface area contributed by atoms with Gasteiger partial charge >= 0.3 is 0 Å². The minimum Gasteiger partial charge on any atom is -0.440 e. The van der Waals surface area contributed by atoms with Crippen LogP contribution in [0.5, 0.6) is 0 Å². The van der Waals surface area contributed by atoms with E-state index in [0.29, 0.717) is 6.61 Å². The topological polar surface area (TPSA) is 53.1 Å². The van der Waals surface area contributed by atoms with E-state index in [9.17, 15) is 0 Å². The third-order valence-electron chi connectivity index (χ3n) is 2.59. The number of oxazole rings is 1. The first-order valence-electron chi connectivity index (χ1n) is 5.99. The molecule has 0 N–H and O–H groups in total. The first kappa shape index (κ1) is 12.8. The molecule has 0 spiro atoms. The fourth-order valence-electron chi connectivity index (χ4n) is 1.55. The van der Waals surface area contributed by atoms with Gasteiger partial charge in [0.1, 0.15) is 0 Å². The van der Waals surface area contributed by atoms with Crippen LogP contribution in [0, 0.1) is 0 Å². The minimum absolute atomic E-state index is 0.0791. The van der Waals surface area contributed by atoms with Crippen molar-refractivity contribution in [2.24, 2.45) is 0 Å². The number of nitrogens with zero attached hydrogens (tertiary/aromatic N) is 3. The van der Waals surface area contributed by atoms with Gasteiger partial charge in [-0.3, -0.25) is 4.68 Å². The molecule has 18 heavy (non-hydrogen) atoms. The maximum atomic E-state index is 5.76. The molecule has 0 saturated carbocycles. The Hall–Kier alpha value is -1.62. The zero-order chi connectivity index (χ0) is 13.2. The van der Waals surface area contributed by atoms with E-state index in [1.54, 1.807) is 19.5 Å². The Morgan fingerprint density at radius 1 is 1.33 bits per heavy atom. The highest BCUT2D eigenvalue weighted by atomic mass is 16.5. The van der Waals surface area contributed by atoms with Crippen molar-refractivity contribution < 1.29 is 9.15 Å². The van der Waals surface area contributed by atoms with Crippen molar-refractivity contribution in [2.75, 3.05) is 13.7 Å². The molecule has 2 rings (SSSR count). The lowest BCUT2D eigenvalue weighted by molar-refractivity contribution is 0.183. The fourth-order valence-corrected chi connectivity index (χ4v) is 1.55. The summed E-state index contributed by atoms with van der Waals surface area (Å²) in [7, 11) is 1.68. The molecule has 0 saturated heterocycles. The third kappa shape index (κ3) is 2.79. The van der Waals surface area contributed by atoms with Crippen molar-refractivity contribution in [3.05, 3.63) is 24.5 Å². The monoisotopic (exact) mass is 249 g/mol. The maximum Gasteiger partial charge on any atom is 0.200 e. The van der Waals surface area contributed by atoms with Gasteiger partial charge in [-0.15, -0.1) is 0 Å². The van der Waals surface area contributed by atoms with Gasteiger partial charge in [-0.1, -0.05) is 20.8 Å². The molecule has 0 amide bonds. The molecule has 2 heterocycles.